The van der Waals surface area contributed by atoms with Crippen molar-refractivity contribution in [3.05, 3.63) is 66.5 Å². The third kappa shape index (κ3) is 8.79. The summed E-state index contributed by atoms with van der Waals surface area (Å²) >= 11 is 0. The van der Waals surface area contributed by atoms with Crippen LogP contribution >= 0.6 is 0 Å². The van der Waals surface area contributed by atoms with Gasteiger partial charge in [-0.25, -0.2) is 17.7 Å². The van der Waals surface area contributed by atoms with Gasteiger partial charge < -0.3 is 21.7 Å². The SMILES string of the molecule is CC(C)OCCCNS(=O)(=O)c1ccc[n+](C/C=C\c2ccccc2)c1.[Br-]. The molecule has 0 radical (unpaired) electrons. The molecule has 27 heavy (non-hydrogen) atoms. The lowest BCUT2D eigenvalue weighted by Gasteiger charge is -2.08. The van der Waals surface area contributed by atoms with Crippen LogP contribution in [-0.2, 0) is 21.3 Å². The zero-order chi connectivity index (χ0) is 18.8. The molecule has 0 aliphatic rings. The molecule has 2 rings (SSSR count). The molecule has 0 spiro atoms. The Kier molecular flexibility index (Phi) is 10.5. The molecule has 0 saturated carbocycles. The number of nitrogens with zero attached hydrogens (tertiary/aromatic N) is 1. The normalized spacial score (nSPS) is 11.7. The van der Waals surface area contributed by atoms with Crippen molar-refractivity contribution in [2.75, 3.05) is 13.2 Å². The second kappa shape index (κ2) is 12.0. The number of ether oxygens (including phenoxy) is 1. The number of sulfonamides is 1. The first-order valence-corrected chi connectivity index (χ1v) is 10.3. The van der Waals surface area contributed by atoms with Crippen molar-refractivity contribution in [3.63, 3.8) is 0 Å². The van der Waals surface area contributed by atoms with Crippen molar-refractivity contribution in [3.8, 4) is 0 Å². The van der Waals surface area contributed by atoms with Crippen LogP contribution in [-0.4, -0.2) is 27.7 Å². The van der Waals surface area contributed by atoms with E-state index in [4.69, 9.17) is 4.74 Å². The Morgan fingerprint density at radius 1 is 1.15 bits per heavy atom. The van der Waals surface area contributed by atoms with Crippen LogP contribution in [0.1, 0.15) is 25.8 Å². The standard InChI is InChI=1S/C20H27N2O3S.BrH/c1-18(2)25-16-8-13-21-26(23,24)20-12-7-15-22(17-20)14-6-11-19-9-4-3-5-10-19;/h3-7,9-12,15,17-18,21H,8,13-14,16H2,1-2H3;1H/q+1;/p-1/b11-6-;. The molecule has 1 heterocycles. The highest BCUT2D eigenvalue weighted by Crippen LogP contribution is 2.05. The largest absolute Gasteiger partial charge is 1.00 e. The summed E-state index contributed by atoms with van der Waals surface area (Å²) in [6.07, 6.45) is 8.31. The van der Waals surface area contributed by atoms with Gasteiger partial charge in [-0.15, -0.1) is 0 Å². The first kappa shape index (κ1) is 23.5. The molecule has 1 N–H and O–H groups in total. The Balaban J connectivity index is 0.00000364. The van der Waals surface area contributed by atoms with Crippen molar-refractivity contribution >= 4 is 16.1 Å². The van der Waals surface area contributed by atoms with E-state index in [1.807, 2.05) is 67.1 Å². The predicted molar refractivity (Wildman–Crippen MR) is 103 cm³/mol. The van der Waals surface area contributed by atoms with E-state index >= 15 is 0 Å². The average molecular weight is 455 g/mol. The first-order chi connectivity index (χ1) is 12.5. The topological polar surface area (TPSA) is 59.3 Å². The number of pyridine rings is 1. The number of halogens is 1. The third-order valence-corrected chi connectivity index (χ3v) is 5.08. The fourth-order valence-electron chi connectivity index (χ4n) is 2.33. The Morgan fingerprint density at radius 3 is 2.59 bits per heavy atom. The van der Waals surface area contributed by atoms with Crippen LogP contribution in [0.2, 0.25) is 0 Å². The van der Waals surface area contributed by atoms with E-state index in [0.717, 1.165) is 5.56 Å². The van der Waals surface area contributed by atoms with E-state index in [2.05, 4.69) is 4.72 Å². The average Bonchev–Trinajstić information content (AvgIpc) is 2.62. The molecular formula is C20H27BrN2O3S. The van der Waals surface area contributed by atoms with E-state index in [9.17, 15) is 8.42 Å². The van der Waals surface area contributed by atoms with Gasteiger partial charge in [0.15, 0.2) is 18.9 Å². The lowest BCUT2D eigenvalue weighted by Crippen LogP contribution is -3.00. The Hall–Kier alpha value is -1.54. The lowest BCUT2D eigenvalue weighted by molar-refractivity contribution is -0.688. The fraction of sp³-hybridized carbons (Fsp3) is 0.350. The highest BCUT2D eigenvalue weighted by Gasteiger charge is 2.16. The molecule has 7 heteroatoms. The van der Waals surface area contributed by atoms with Crippen molar-refractivity contribution in [2.45, 2.75) is 37.8 Å². The maximum absolute atomic E-state index is 12.4. The number of benzene rings is 1. The fourth-order valence-corrected chi connectivity index (χ4v) is 3.44. The van der Waals surface area contributed by atoms with Gasteiger partial charge in [0.2, 0.25) is 10.0 Å². The zero-order valence-electron chi connectivity index (χ0n) is 15.7. The van der Waals surface area contributed by atoms with Crippen LogP contribution in [0.25, 0.3) is 6.08 Å². The molecule has 0 unspecified atom stereocenters. The zero-order valence-corrected chi connectivity index (χ0v) is 18.1. The van der Waals surface area contributed by atoms with Crippen LogP contribution < -0.4 is 26.3 Å². The minimum Gasteiger partial charge on any atom is -1.00 e. The molecule has 0 saturated heterocycles. The predicted octanol–water partition coefficient (Wildman–Crippen LogP) is -0.215. The van der Waals surface area contributed by atoms with Gasteiger partial charge in [0.05, 0.1) is 6.10 Å². The second-order valence-corrected chi connectivity index (χ2v) is 7.99. The van der Waals surface area contributed by atoms with E-state index < -0.39 is 10.0 Å². The maximum atomic E-state index is 12.4. The quantitative estimate of drug-likeness (QED) is 0.399. The van der Waals surface area contributed by atoms with Crippen LogP contribution in [0.3, 0.4) is 0 Å². The van der Waals surface area contributed by atoms with Gasteiger partial charge in [0.1, 0.15) is 4.90 Å². The molecule has 0 aliphatic carbocycles. The molecule has 0 bridgehead atoms. The molecule has 0 aliphatic heterocycles. The summed E-state index contributed by atoms with van der Waals surface area (Å²) in [4.78, 5) is 0.262. The van der Waals surface area contributed by atoms with Crippen molar-refractivity contribution in [1.82, 2.24) is 4.72 Å². The number of hydrogen-bond acceptors (Lipinski definition) is 3. The molecule has 148 valence electrons. The van der Waals surface area contributed by atoms with Crippen molar-refractivity contribution in [1.29, 1.82) is 0 Å². The highest BCUT2D eigenvalue weighted by atomic mass is 79.9. The molecule has 0 fully saturated rings. The maximum Gasteiger partial charge on any atom is 0.246 e. The number of hydrogen-bond donors (Lipinski definition) is 1. The number of nitrogens with one attached hydrogen (secondary N) is 1. The summed E-state index contributed by atoms with van der Waals surface area (Å²) in [6, 6.07) is 13.3. The van der Waals surface area contributed by atoms with Gasteiger partial charge in [0, 0.05) is 19.2 Å². The Morgan fingerprint density at radius 2 is 1.89 bits per heavy atom. The summed E-state index contributed by atoms with van der Waals surface area (Å²) < 4.78 is 34.7. The molecule has 2 aromatic rings. The highest BCUT2D eigenvalue weighted by molar-refractivity contribution is 7.89. The van der Waals surface area contributed by atoms with Crippen LogP contribution in [0.15, 0.2) is 65.8 Å². The third-order valence-electron chi connectivity index (χ3n) is 3.63. The summed E-state index contributed by atoms with van der Waals surface area (Å²) in [6.45, 7) is 5.41. The minimum atomic E-state index is -3.51. The Labute approximate surface area is 172 Å². The molecule has 1 aromatic carbocycles. The molecular weight excluding hydrogens is 428 g/mol. The van der Waals surface area contributed by atoms with Crippen LogP contribution in [0, 0.1) is 0 Å². The summed E-state index contributed by atoms with van der Waals surface area (Å²) in [5.74, 6) is 0. The smallest absolute Gasteiger partial charge is 0.246 e. The molecule has 1 aromatic heterocycles. The Bertz CT molecular complexity index is 809. The number of allylic oxidation sites excluding steroid dienone is 1. The van der Waals surface area contributed by atoms with Crippen LogP contribution in [0.4, 0.5) is 0 Å². The molecule has 0 amide bonds. The van der Waals surface area contributed by atoms with Gasteiger partial charge in [-0.3, -0.25) is 0 Å². The molecule has 0 atom stereocenters. The summed E-state index contributed by atoms with van der Waals surface area (Å²) in [5, 5.41) is 0. The summed E-state index contributed by atoms with van der Waals surface area (Å²) in [5.41, 5.74) is 1.11. The van der Waals surface area contributed by atoms with Gasteiger partial charge in [-0.05, 0) is 38.0 Å². The lowest BCUT2D eigenvalue weighted by atomic mass is 10.2. The van der Waals surface area contributed by atoms with E-state index in [1.54, 1.807) is 18.3 Å². The second-order valence-electron chi connectivity index (χ2n) is 6.22. The number of aromatic nitrogens is 1. The minimum absolute atomic E-state index is 0. The first-order valence-electron chi connectivity index (χ1n) is 8.79. The van der Waals surface area contributed by atoms with E-state index in [1.165, 1.54) is 0 Å². The van der Waals surface area contributed by atoms with Crippen molar-refractivity contribution < 1.29 is 34.7 Å². The van der Waals surface area contributed by atoms with Crippen LogP contribution in [0.5, 0.6) is 0 Å². The van der Waals surface area contributed by atoms with E-state index in [0.29, 0.717) is 26.1 Å². The van der Waals surface area contributed by atoms with Crippen molar-refractivity contribution in [2.24, 2.45) is 0 Å². The summed E-state index contributed by atoms with van der Waals surface area (Å²) in [7, 11) is -3.51. The van der Waals surface area contributed by atoms with Gasteiger partial charge in [-0.2, -0.15) is 0 Å². The monoisotopic (exact) mass is 454 g/mol. The van der Waals surface area contributed by atoms with E-state index in [-0.39, 0.29) is 28.0 Å². The molecule has 5 nitrogen and oxygen atoms in total. The van der Waals surface area contributed by atoms with Gasteiger partial charge >= 0.3 is 0 Å². The number of rotatable bonds is 10. The van der Waals surface area contributed by atoms with Gasteiger partial charge in [0.25, 0.3) is 0 Å². The van der Waals surface area contributed by atoms with Gasteiger partial charge in [-0.1, -0.05) is 36.4 Å².